The van der Waals surface area contributed by atoms with Gasteiger partial charge < -0.3 is 10.2 Å². The van der Waals surface area contributed by atoms with E-state index in [1.54, 1.807) is 11.3 Å². The molecule has 2 heterocycles. The molecule has 1 saturated carbocycles. The molecule has 0 atom stereocenters. The summed E-state index contributed by atoms with van der Waals surface area (Å²) in [5, 5.41) is 12.9. The average Bonchev–Trinajstić information content (AvgIpc) is 3.39. The topological polar surface area (TPSA) is 61.4 Å². The highest BCUT2D eigenvalue weighted by atomic mass is 32.1. The Morgan fingerprint density at radius 3 is 2.54 bits per heavy atom. The molecule has 0 spiro atoms. The van der Waals surface area contributed by atoms with Gasteiger partial charge in [-0.3, -0.25) is 9.69 Å². The Labute approximate surface area is 164 Å². The predicted octanol–water partition coefficient (Wildman–Crippen LogP) is 3.20. The molecule has 1 aliphatic carbocycles. The molecule has 4 rings (SSSR count). The Morgan fingerprint density at radius 1 is 1.14 bits per heavy atom. The van der Waals surface area contributed by atoms with Gasteiger partial charge in [-0.15, -0.1) is 10.2 Å². The van der Waals surface area contributed by atoms with E-state index in [4.69, 9.17) is 0 Å². The molecular weight excluding hydrogens is 391 g/mol. The number of para-hydroxylation sites is 1. The van der Waals surface area contributed by atoms with E-state index in [-0.39, 0.29) is 12.2 Å². The highest BCUT2D eigenvalue weighted by molar-refractivity contribution is 7.15. The number of benzene rings is 1. The minimum atomic E-state index is -4.50. The first-order valence-electron chi connectivity index (χ1n) is 9.17. The quantitative estimate of drug-likeness (QED) is 0.819. The van der Waals surface area contributed by atoms with Gasteiger partial charge in [-0.1, -0.05) is 23.5 Å². The Balaban J connectivity index is 1.29. The maximum absolute atomic E-state index is 13.0. The summed E-state index contributed by atoms with van der Waals surface area (Å²) in [6, 6.07) is 5.01. The van der Waals surface area contributed by atoms with Crippen LogP contribution in [0.15, 0.2) is 24.3 Å². The smallest absolute Gasteiger partial charge is 0.344 e. The van der Waals surface area contributed by atoms with E-state index < -0.39 is 17.6 Å². The van der Waals surface area contributed by atoms with Crippen LogP contribution in [-0.2, 0) is 11.0 Å². The molecule has 1 saturated heterocycles. The number of hydrogen-bond acceptors (Lipinski definition) is 6. The molecule has 0 radical (unpaired) electrons. The van der Waals surface area contributed by atoms with Crippen molar-refractivity contribution >= 4 is 28.1 Å². The van der Waals surface area contributed by atoms with Gasteiger partial charge in [0, 0.05) is 32.1 Å². The minimum Gasteiger partial charge on any atom is -0.344 e. The first-order chi connectivity index (χ1) is 13.4. The number of nitrogens with one attached hydrogen (secondary N) is 1. The van der Waals surface area contributed by atoms with Gasteiger partial charge in [-0.05, 0) is 25.0 Å². The Kier molecular flexibility index (Phi) is 5.24. The second kappa shape index (κ2) is 7.67. The van der Waals surface area contributed by atoms with Crippen molar-refractivity contribution in [1.29, 1.82) is 0 Å². The first-order valence-corrected chi connectivity index (χ1v) is 9.98. The summed E-state index contributed by atoms with van der Waals surface area (Å²) in [4.78, 5) is 16.3. The Bertz CT molecular complexity index is 844. The average molecular weight is 411 g/mol. The number of rotatable bonds is 5. The Morgan fingerprint density at radius 2 is 1.86 bits per heavy atom. The minimum absolute atomic E-state index is 0.0590. The third-order valence-electron chi connectivity index (χ3n) is 4.87. The predicted molar refractivity (Wildman–Crippen MR) is 101 cm³/mol. The summed E-state index contributed by atoms with van der Waals surface area (Å²) in [6.45, 7) is 2.78. The number of carbonyl (C=O) groups excluding carboxylic acids is 1. The molecule has 1 aliphatic heterocycles. The largest absolute Gasteiger partial charge is 0.418 e. The first kappa shape index (κ1) is 19.1. The standard InChI is InChI=1S/C18H20F3N5OS/c19-18(20,21)13-3-1-2-4-14(13)22-15(27)11-25-7-9-26(10-8-25)17-24-23-16(28-17)12-5-6-12/h1-4,12H,5-11H2,(H,22,27). The lowest BCUT2D eigenvalue weighted by Gasteiger charge is -2.33. The van der Waals surface area contributed by atoms with Crippen LogP contribution in [-0.4, -0.2) is 53.7 Å². The van der Waals surface area contributed by atoms with Crippen LogP contribution in [0.1, 0.15) is 29.3 Å². The van der Waals surface area contributed by atoms with E-state index in [2.05, 4.69) is 20.4 Å². The van der Waals surface area contributed by atoms with Crippen molar-refractivity contribution < 1.29 is 18.0 Å². The number of carbonyl (C=O) groups is 1. The summed E-state index contributed by atoms with van der Waals surface area (Å²) < 4.78 is 39.1. The molecular formula is C18H20F3N5OS. The van der Waals surface area contributed by atoms with Crippen molar-refractivity contribution in [1.82, 2.24) is 15.1 Å². The fourth-order valence-corrected chi connectivity index (χ4v) is 4.24. The molecule has 2 aliphatic rings. The van der Waals surface area contributed by atoms with Crippen molar-refractivity contribution in [2.45, 2.75) is 24.9 Å². The third-order valence-corrected chi connectivity index (χ3v) is 6.02. The maximum atomic E-state index is 13.0. The second-order valence-electron chi connectivity index (χ2n) is 7.05. The van der Waals surface area contributed by atoms with E-state index in [0.29, 0.717) is 32.1 Å². The van der Waals surface area contributed by atoms with Crippen molar-refractivity contribution in [2.75, 3.05) is 42.9 Å². The van der Waals surface area contributed by atoms with Gasteiger partial charge in [0.1, 0.15) is 5.01 Å². The molecule has 2 fully saturated rings. The lowest BCUT2D eigenvalue weighted by atomic mass is 10.1. The third kappa shape index (κ3) is 4.44. The molecule has 1 aromatic heterocycles. The molecule has 10 heteroatoms. The summed E-state index contributed by atoms with van der Waals surface area (Å²) in [5.41, 5.74) is -1.05. The number of aromatic nitrogens is 2. The van der Waals surface area contributed by atoms with Gasteiger partial charge in [0.15, 0.2) is 0 Å². The van der Waals surface area contributed by atoms with Crippen molar-refractivity contribution in [3.8, 4) is 0 Å². The van der Waals surface area contributed by atoms with Gasteiger partial charge in [0.2, 0.25) is 11.0 Å². The molecule has 150 valence electrons. The number of halogens is 3. The Hall–Kier alpha value is -2.20. The van der Waals surface area contributed by atoms with Crippen LogP contribution < -0.4 is 10.2 Å². The van der Waals surface area contributed by atoms with E-state index in [9.17, 15) is 18.0 Å². The molecule has 6 nitrogen and oxygen atoms in total. The molecule has 0 bridgehead atoms. The highest BCUT2D eigenvalue weighted by Gasteiger charge is 2.34. The SMILES string of the molecule is O=C(CN1CCN(c2nnc(C3CC3)s2)CC1)Nc1ccccc1C(F)(F)F. The lowest BCUT2D eigenvalue weighted by Crippen LogP contribution is -2.48. The maximum Gasteiger partial charge on any atom is 0.418 e. The summed E-state index contributed by atoms with van der Waals surface area (Å²) in [7, 11) is 0. The number of nitrogens with zero attached hydrogens (tertiary/aromatic N) is 4. The number of amides is 1. The summed E-state index contributed by atoms with van der Waals surface area (Å²) >= 11 is 1.63. The zero-order valence-corrected chi connectivity index (χ0v) is 15.9. The highest BCUT2D eigenvalue weighted by Crippen LogP contribution is 2.42. The van der Waals surface area contributed by atoms with Gasteiger partial charge in [-0.25, -0.2) is 0 Å². The zero-order valence-electron chi connectivity index (χ0n) is 15.1. The number of piperazine rings is 1. The summed E-state index contributed by atoms with van der Waals surface area (Å²) in [5.74, 6) is 0.132. The van der Waals surface area contributed by atoms with E-state index in [1.165, 1.54) is 31.0 Å². The van der Waals surface area contributed by atoms with Crippen LogP contribution in [0.4, 0.5) is 24.0 Å². The molecule has 1 amide bonds. The van der Waals surface area contributed by atoms with Gasteiger partial charge >= 0.3 is 6.18 Å². The van der Waals surface area contributed by atoms with Crippen molar-refractivity contribution in [3.05, 3.63) is 34.8 Å². The molecule has 1 aromatic carbocycles. The lowest BCUT2D eigenvalue weighted by molar-refractivity contribution is -0.137. The van der Waals surface area contributed by atoms with Crippen LogP contribution in [0.3, 0.4) is 0 Å². The van der Waals surface area contributed by atoms with Crippen LogP contribution in [0.2, 0.25) is 0 Å². The zero-order chi connectivity index (χ0) is 19.7. The van der Waals surface area contributed by atoms with Crippen LogP contribution in [0.5, 0.6) is 0 Å². The molecule has 1 N–H and O–H groups in total. The molecule has 2 aromatic rings. The van der Waals surface area contributed by atoms with Crippen LogP contribution in [0.25, 0.3) is 0 Å². The monoisotopic (exact) mass is 411 g/mol. The van der Waals surface area contributed by atoms with Crippen molar-refractivity contribution in [2.24, 2.45) is 0 Å². The van der Waals surface area contributed by atoms with Crippen molar-refractivity contribution in [3.63, 3.8) is 0 Å². The molecule has 0 unspecified atom stereocenters. The van der Waals surface area contributed by atoms with Gasteiger partial charge in [0.25, 0.3) is 0 Å². The van der Waals surface area contributed by atoms with Gasteiger partial charge in [-0.2, -0.15) is 13.2 Å². The normalized spacial score (nSPS) is 18.3. The number of anilines is 2. The molecule has 28 heavy (non-hydrogen) atoms. The van der Waals surface area contributed by atoms with E-state index >= 15 is 0 Å². The van der Waals surface area contributed by atoms with E-state index in [0.717, 1.165) is 16.2 Å². The van der Waals surface area contributed by atoms with E-state index in [1.807, 2.05) is 4.90 Å². The van der Waals surface area contributed by atoms with Crippen LogP contribution in [0, 0.1) is 0 Å². The van der Waals surface area contributed by atoms with Crippen LogP contribution >= 0.6 is 11.3 Å². The van der Waals surface area contributed by atoms with Gasteiger partial charge in [0.05, 0.1) is 17.8 Å². The number of alkyl halides is 3. The fourth-order valence-electron chi connectivity index (χ4n) is 3.18. The summed E-state index contributed by atoms with van der Waals surface area (Å²) in [6.07, 6.45) is -2.12. The fraction of sp³-hybridized carbons (Fsp3) is 0.500. The second-order valence-corrected chi connectivity index (χ2v) is 8.04. The number of hydrogen-bond donors (Lipinski definition) is 1.